The Hall–Kier alpha value is -2.88. The molecule has 0 aliphatic rings. The van der Waals surface area contributed by atoms with E-state index in [0.717, 1.165) is 5.56 Å². The number of para-hydroxylation sites is 1. The molecule has 2 aromatic carbocycles. The quantitative estimate of drug-likeness (QED) is 0.583. The van der Waals surface area contributed by atoms with E-state index in [4.69, 9.17) is 4.74 Å². The maximum Gasteiger partial charge on any atom is 0.344 e. The molecule has 4 nitrogen and oxygen atoms in total. The number of carbonyl (C=O) groups is 1. The molecule has 0 aliphatic heterocycles. The third-order valence-electron chi connectivity index (χ3n) is 2.85. The fourth-order valence-corrected chi connectivity index (χ4v) is 1.93. The Bertz CT molecular complexity index is 706. The molecule has 3 rings (SSSR count). The summed E-state index contributed by atoms with van der Waals surface area (Å²) in [6, 6.07) is 16.2. The molecule has 0 amide bonds. The first-order chi connectivity index (χ1) is 9.84. The zero-order chi connectivity index (χ0) is 13.8. The van der Waals surface area contributed by atoms with E-state index in [-0.39, 0.29) is 0 Å². The van der Waals surface area contributed by atoms with E-state index in [1.165, 1.54) is 0 Å². The summed E-state index contributed by atoms with van der Waals surface area (Å²) in [6.07, 6.45) is 3.36. The molecule has 0 fully saturated rings. The van der Waals surface area contributed by atoms with Crippen molar-refractivity contribution in [2.75, 3.05) is 0 Å². The van der Waals surface area contributed by atoms with Crippen LogP contribution < -0.4 is 4.74 Å². The largest absolute Gasteiger partial charge is 0.423 e. The smallest absolute Gasteiger partial charge is 0.344 e. The first-order valence-electron chi connectivity index (χ1n) is 6.20. The number of benzene rings is 2. The van der Waals surface area contributed by atoms with Crippen molar-refractivity contribution in [2.24, 2.45) is 0 Å². The Kier molecular flexibility index (Phi) is 3.29. The summed E-state index contributed by atoms with van der Waals surface area (Å²) in [5.41, 5.74) is 1.20. The van der Waals surface area contributed by atoms with Crippen molar-refractivity contribution >= 4 is 5.97 Å². The van der Waals surface area contributed by atoms with E-state index in [1.807, 2.05) is 30.3 Å². The monoisotopic (exact) mass is 264 g/mol. The molecular formula is C16H12N2O2. The minimum absolute atomic E-state index is 0.400. The molecule has 0 unspecified atom stereocenters. The lowest BCUT2D eigenvalue weighted by molar-refractivity contribution is 0.0735. The summed E-state index contributed by atoms with van der Waals surface area (Å²) < 4.78 is 5.36. The molecule has 0 atom stereocenters. The van der Waals surface area contributed by atoms with Gasteiger partial charge in [-0.1, -0.05) is 36.4 Å². The van der Waals surface area contributed by atoms with Gasteiger partial charge in [0.2, 0.25) is 0 Å². The summed E-state index contributed by atoms with van der Waals surface area (Å²) in [5, 5.41) is 0. The Morgan fingerprint density at radius 3 is 2.50 bits per heavy atom. The third kappa shape index (κ3) is 2.44. The number of carbonyl (C=O) groups excluding carboxylic acids is 1. The van der Waals surface area contributed by atoms with Gasteiger partial charge in [0.1, 0.15) is 11.6 Å². The predicted octanol–water partition coefficient (Wildman–Crippen LogP) is 3.30. The number of rotatable bonds is 3. The lowest BCUT2D eigenvalue weighted by atomic mass is 10.1. The molecular weight excluding hydrogens is 252 g/mol. The Morgan fingerprint density at radius 1 is 1.00 bits per heavy atom. The van der Waals surface area contributed by atoms with Gasteiger partial charge in [-0.05, 0) is 18.2 Å². The number of H-pyrrole nitrogens is 1. The van der Waals surface area contributed by atoms with Crippen LogP contribution in [0.2, 0.25) is 0 Å². The standard InChI is InChI=1S/C16H12N2O2/c19-16(20-12-6-2-1-3-7-12)14-9-5-4-8-13(14)15-17-10-11-18-15/h1-11H,(H,17,18). The SMILES string of the molecule is O=C(Oc1ccccc1)c1ccccc1-c1ncc[nH]1. The van der Waals surface area contributed by atoms with Crippen molar-refractivity contribution in [3.05, 3.63) is 72.6 Å². The third-order valence-corrected chi connectivity index (χ3v) is 2.85. The van der Waals surface area contributed by atoms with E-state index >= 15 is 0 Å². The van der Waals surface area contributed by atoms with Crippen LogP contribution in [0, 0.1) is 0 Å². The normalized spacial score (nSPS) is 10.2. The minimum atomic E-state index is -0.400. The van der Waals surface area contributed by atoms with E-state index in [0.29, 0.717) is 17.1 Å². The molecule has 1 N–H and O–H groups in total. The maximum absolute atomic E-state index is 12.3. The number of hydrogen-bond donors (Lipinski definition) is 1. The number of aromatic amines is 1. The van der Waals surface area contributed by atoms with Gasteiger partial charge in [0.25, 0.3) is 0 Å². The van der Waals surface area contributed by atoms with Crippen LogP contribution in [0.3, 0.4) is 0 Å². The zero-order valence-corrected chi connectivity index (χ0v) is 10.6. The van der Waals surface area contributed by atoms with Crippen molar-refractivity contribution in [3.63, 3.8) is 0 Å². The highest BCUT2D eigenvalue weighted by atomic mass is 16.5. The number of esters is 1. The van der Waals surface area contributed by atoms with Crippen LogP contribution in [0.1, 0.15) is 10.4 Å². The Morgan fingerprint density at radius 2 is 1.75 bits per heavy atom. The van der Waals surface area contributed by atoms with Gasteiger partial charge in [-0.2, -0.15) is 0 Å². The molecule has 20 heavy (non-hydrogen) atoms. The van der Waals surface area contributed by atoms with Crippen LogP contribution in [0.15, 0.2) is 67.0 Å². The summed E-state index contributed by atoms with van der Waals surface area (Å²) in [7, 11) is 0. The van der Waals surface area contributed by atoms with Gasteiger partial charge < -0.3 is 9.72 Å². The van der Waals surface area contributed by atoms with Gasteiger partial charge in [0, 0.05) is 18.0 Å². The molecule has 0 saturated carbocycles. The second-order valence-corrected chi connectivity index (χ2v) is 4.19. The second-order valence-electron chi connectivity index (χ2n) is 4.19. The molecule has 3 aromatic rings. The van der Waals surface area contributed by atoms with Crippen LogP contribution in [0.25, 0.3) is 11.4 Å². The first kappa shape index (κ1) is 12.2. The molecule has 4 heteroatoms. The van der Waals surface area contributed by atoms with Gasteiger partial charge >= 0.3 is 5.97 Å². The summed E-state index contributed by atoms with van der Waals surface area (Å²) >= 11 is 0. The molecule has 0 bridgehead atoms. The first-order valence-corrected chi connectivity index (χ1v) is 6.20. The number of nitrogens with zero attached hydrogens (tertiary/aromatic N) is 1. The van der Waals surface area contributed by atoms with Crippen LogP contribution >= 0.6 is 0 Å². The van der Waals surface area contributed by atoms with Gasteiger partial charge in [-0.25, -0.2) is 9.78 Å². The number of aromatic nitrogens is 2. The Labute approximate surface area is 116 Å². The van der Waals surface area contributed by atoms with Gasteiger partial charge in [-0.3, -0.25) is 0 Å². The zero-order valence-electron chi connectivity index (χ0n) is 10.6. The summed E-state index contributed by atoms with van der Waals surface area (Å²) in [5.74, 6) is 0.764. The number of imidazole rings is 1. The van der Waals surface area contributed by atoms with Crippen molar-refractivity contribution in [1.82, 2.24) is 9.97 Å². The highest BCUT2D eigenvalue weighted by Crippen LogP contribution is 2.21. The summed E-state index contributed by atoms with van der Waals surface area (Å²) in [4.78, 5) is 19.4. The fourth-order valence-electron chi connectivity index (χ4n) is 1.93. The molecule has 0 saturated heterocycles. The molecule has 98 valence electrons. The maximum atomic E-state index is 12.3. The van der Waals surface area contributed by atoms with Crippen molar-refractivity contribution < 1.29 is 9.53 Å². The van der Waals surface area contributed by atoms with Crippen molar-refractivity contribution in [3.8, 4) is 17.1 Å². The van der Waals surface area contributed by atoms with Crippen LogP contribution in [-0.4, -0.2) is 15.9 Å². The van der Waals surface area contributed by atoms with Crippen LogP contribution in [0.5, 0.6) is 5.75 Å². The van der Waals surface area contributed by atoms with Gasteiger partial charge in [0.15, 0.2) is 0 Å². The van der Waals surface area contributed by atoms with Crippen molar-refractivity contribution in [2.45, 2.75) is 0 Å². The molecule has 0 radical (unpaired) electrons. The lowest BCUT2D eigenvalue weighted by Gasteiger charge is -2.07. The molecule has 0 spiro atoms. The highest BCUT2D eigenvalue weighted by Gasteiger charge is 2.15. The summed E-state index contributed by atoms with van der Waals surface area (Å²) in [6.45, 7) is 0. The lowest BCUT2D eigenvalue weighted by Crippen LogP contribution is -2.10. The highest BCUT2D eigenvalue weighted by molar-refractivity contribution is 5.97. The molecule has 1 aromatic heterocycles. The second kappa shape index (κ2) is 5.40. The van der Waals surface area contributed by atoms with Gasteiger partial charge in [0.05, 0.1) is 5.56 Å². The van der Waals surface area contributed by atoms with E-state index in [1.54, 1.807) is 36.7 Å². The predicted molar refractivity (Wildman–Crippen MR) is 75.4 cm³/mol. The number of nitrogens with one attached hydrogen (secondary N) is 1. The number of ether oxygens (including phenoxy) is 1. The van der Waals surface area contributed by atoms with Gasteiger partial charge in [-0.15, -0.1) is 0 Å². The average molecular weight is 264 g/mol. The average Bonchev–Trinajstić information content (AvgIpc) is 3.02. The minimum Gasteiger partial charge on any atom is -0.423 e. The van der Waals surface area contributed by atoms with E-state index in [2.05, 4.69) is 9.97 Å². The van der Waals surface area contributed by atoms with Crippen molar-refractivity contribution in [1.29, 1.82) is 0 Å². The topological polar surface area (TPSA) is 55.0 Å². The van der Waals surface area contributed by atoms with E-state index < -0.39 is 5.97 Å². The van der Waals surface area contributed by atoms with Crippen LogP contribution in [0.4, 0.5) is 0 Å². The Balaban J connectivity index is 1.93. The van der Waals surface area contributed by atoms with E-state index in [9.17, 15) is 4.79 Å². The fraction of sp³-hybridized carbons (Fsp3) is 0. The number of hydrogen-bond acceptors (Lipinski definition) is 3. The molecule has 0 aliphatic carbocycles. The molecule has 1 heterocycles. The van der Waals surface area contributed by atoms with Crippen LogP contribution in [-0.2, 0) is 0 Å².